The van der Waals surface area contributed by atoms with Crippen molar-refractivity contribution in [2.75, 3.05) is 19.7 Å². The van der Waals surface area contributed by atoms with E-state index in [4.69, 9.17) is 4.74 Å². The van der Waals surface area contributed by atoms with Crippen molar-refractivity contribution < 1.29 is 9.53 Å². The van der Waals surface area contributed by atoms with Crippen molar-refractivity contribution in [1.82, 2.24) is 9.88 Å². The number of carbonyl (C=O) groups excluding carboxylic acids is 1. The molecule has 0 radical (unpaired) electrons. The molecule has 1 aliphatic heterocycles. The summed E-state index contributed by atoms with van der Waals surface area (Å²) < 4.78 is 5.57. The minimum absolute atomic E-state index is 0.212. The molecule has 0 saturated carbocycles. The van der Waals surface area contributed by atoms with Crippen LogP contribution in [0.1, 0.15) is 25.3 Å². The second kappa shape index (κ2) is 6.50. The molecule has 1 unspecified atom stereocenters. The largest absolute Gasteiger partial charge is 0.375 e. The van der Waals surface area contributed by atoms with Gasteiger partial charge < -0.3 is 9.64 Å². The van der Waals surface area contributed by atoms with Gasteiger partial charge in [0.05, 0.1) is 12.7 Å². The highest BCUT2D eigenvalue weighted by Crippen LogP contribution is 2.11. The predicted molar refractivity (Wildman–Crippen MR) is 69.2 cm³/mol. The maximum atomic E-state index is 12.1. The zero-order valence-electron chi connectivity index (χ0n) is 10.8. The summed E-state index contributed by atoms with van der Waals surface area (Å²) in [6.45, 7) is 4.23. The van der Waals surface area contributed by atoms with Gasteiger partial charge in [-0.25, -0.2) is 0 Å². The molecule has 2 rings (SSSR count). The monoisotopic (exact) mass is 248 g/mol. The SMILES string of the molecule is CCC1CN(C(=O)CCc2ccncc2)CCO1. The Balaban J connectivity index is 1.81. The van der Waals surface area contributed by atoms with Crippen LogP contribution in [0.2, 0.25) is 0 Å². The van der Waals surface area contributed by atoms with Gasteiger partial charge in [-0.15, -0.1) is 0 Å². The molecule has 18 heavy (non-hydrogen) atoms. The molecule has 4 heteroatoms. The molecule has 0 bridgehead atoms. The maximum absolute atomic E-state index is 12.1. The normalized spacial score (nSPS) is 19.8. The Hall–Kier alpha value is -1.42. The number of aromatic nitrogens is 1. The van der Waals surface area contributed by atoms with Crippen LogP contribution in [-0.2, 0) is 16.0 Å². The van der Waals surface area contributed by atoms with Crippen LogP contribution in [0.25, 0.3) is 0 Å². The summed E-state index contributed by atoms with van der Waals surface area (Å²) in [6, 6.07) is 3.92. The van der Waals surface area contributed by atoms with Crippen molar-refractivity contribution in [1.29, 1.82) is 0 Å². The van der Waals surface area contributed by atoms with Gasteiger partial charge in [-0.1, -0.05) is 6.92 Å². The van der Waals surface area contributed by atoms with Gasteiger partial charge in [0.25, 0.3) is 0 Å². The summed E-state index contributed by atoms with van der Waals surface area (Å²) in [7, 11) is 0. The van der Waals surface area contributed by atoms with E-state index < -0.39 is 0 Å². The number of pyridine rings is 1. The Bertz CT molecular complexity index is 381. The number of carbonyl (C=O) groups is 1. The fourth-order valence-electron chi connectivity index (χ4n) is 2.15. The number of hydrogen-bond acceptors (Lipinski definition) is 3. The third-order valence-electron chi connectivity index (χ3n) is 3.32. The third kappa shape index (κ3) is 3.53. The van der Waals surface area contributed by atoms with Crippen molar-refractivity contribution in [2.45, 2.75) is 32.3 Å². The Morgan fingerprint density at radius 2 is 2.28 bits per heavy atom. The van der Waals surface area contributed by atoms with Crippen LogP contribution < -0.4 is 0 Å². The molecule has 0 aliphatic carbocycles. The highest BCUT2D eigenvalue weighted by Gasteiger charge is 2.22. The van der Waals surface area contributed by atoms with E-state index in [1.807, 2.05) is 17.0 Å². The lowest BCUT2D eigenvalue weighted by molar-refractivity contribution is -0.138. The van der Waals surface area contributed by atoms with Crippen LogP contribution in [0.4, 0.5) is 0 Å². The van der Waals surface area contributed by atoms with Crippen molar-refractivity contribution in [3.8, 4) is 0 Å². The summed E-state index contributed by atoms with van der Waals surface area (Å²) in [5, 5.41) is 0. The molecule has 1 aromatic heterocycles. The number of aryl methyl sites for hydroxylation is 1. The van der Waals surface area contributed by atoms with Crippen molar-refractivity contribution in [3.05, 3.63) is 30.1 Å². The number of nitrogens with zero attached hydrogens (tertiary/aromatic N) is 2. The molecule has 2 heterocycles. The van der Waals surface area contributed by atoms with E-state index in [1.54, 1.807) is 12.4 Å². The summed E-state index contributed by atoms with van der Waals surface area (Å²) in [5.41, 5.74) is 1.17. The van der Waals surface area contributed by atoms with Crippen molar-refractivity contribution >= 4 is 5.91 Å². The first-order valence-electron chi connectivity index (χ1n) is 6.58. The molecule has 1 fully saturated rings. The van der Waals surface area contributed by atoms with Crippen LogP contribution in [-0.4, -0.2) is 41.6 Å². The molecule has 0 spiro atoms. The van der Waals surface area contributed by atoms with Gasteiger partial charge in [-0.2, -0.15) is 0 Å². The molecular weight excluding hydrogens is 228 g/mol. The summed E-state index contributed by atoms with van der Waals surface area (Å²) >= 11 is 0. The molecule has 1 saturated heterocycles. The number of amides is 1. The highest BCUT2D eigenvalue weighted by molar-refractivity contribution is 5.76. The minimum atomic E-state index is 0.212. The fraction of sp³-hybridized carbons (Fsp3) is 0.571. The fourth-order valence-corrected chi connectivity index (χ4v) is 2.15. The Morgan fingerprint density at radius 1 is 1.50 bits per heavy atom. The second-order valence-corrected chi connectivity index (χ2v) is 4.60. The molecule has 1 aliphatic rings. The van der Waals surface area contributed by atoms with Crippen molar-refractivity contribution in [2.24, 2.45) is 0 Å². The number of morpholine rings is 1. The van der Waals surface area contributed by atoms with Gasteiger partial charge >= 0.3 is 0 Å². The van der Waals surface area contributed by atoms with Crippen LogP contribution in [0.3, 0.4) is 0 Å². The van der Waals surface area contributed by atoms with E-state index in [0.29, 0.717) is 13.0 Å². The number of rotatable bonds is 4. The van der Waals surface area contributed by atoms with Gasteiger partial charge in [0.15, 0.2) is 0 Å². The molecule has 98 valence electrons. The Morgan fingerprint density at radius 3 is 3.00 bits per heavy atom. The summed E-state index contributed by atoms with van der Waals surface area (Å²) in [4.78, 5) is 18.0. The van der Waals surface area contributed by atoms with Crippen LogP contribution in [0.5, 0.6) is 0 Å². The smallest absolute Gasteiger partial charge is 0.223 e. The molecular formula is C14H20N2O2. The van der Waals surface area contributed by atoms with E-state index in [1.165, 1.54) is 5.56 Å². The zero-order chi connectivity index (χ0) is 12.8. The first-order valence-corrected chi connectivity index (χ1v) is 6.58. The Kier molecular flexibility index (Phi) is 4.70. The van der Waals surface area contributed by atoms with E-state index in [2.05, 4.69) is 11.9 Å². The average Bonchev–Trinajstić information content (AvgIpc) is 2.46. The van der Waals surface area contributed by atoms with E-state index in [9.17, 15) is 4.79 Å². The van der Waals surface area contributed by atoms with Gasteiger partial charge in [0, 0.05) is 31.9 Å². The minimum Gasteiger partial charge on any atom is -0.375 e. The van der Waals surface area contributed by atoms with E-state index >= 15 is 0 Å². The van der Waals surface area contributed by atoms with Gasteiger partial charge in [0.2, 0.25) is 5.91 Å². The van der Waals surface area contributed by atoms with Gasteiger partial charge in [-0.05, 0) is 30.5 Å². The molecule has 0 aromatic carbocycles. The summed E-state index contributed by atoms with van der Waals surface area (Å²) in [6.07, 6.45) is 6.07. The lowest BCUT2D eigenvalue weighted by atomic mass is 10.1. The zero-order valence-corrected chi connectivity index (χ0v) is 10.8. The van der Waals surface area contributed by atoms with Crippen LogP contribution in [0.15, 0.2) is 24.5 Å². The highest BCUT2D eigenvalue weighted by atomic mass is 16.5. The van der Waals surface area contributed by atoms with Crippen molar-refractivity contribution in [3.63, 3.8) is 0 Å². The van der Waals surface area contributed by atoms with E-state index in [0.717, 1.165) is 25.9 Å². The maximum Gasteiger partial charge on any atom is 0.223 e. The van der Waals surface area contributed by atoms with Gasteiger partial charge in [0.1, 0.15) is 0 Å². The summed E-state index contributed by atoms with van der Waals surface area (Å²) in [5.74, 6) is 0.230. The first-order chi connectivity index (χ1) is 8.79. The predicted octanol–water partition coefficient (Wildman–Crippen LogP) is 1.65. The van der Waals surface area contributed by atoms with Crippen LogP contribution in [0, 0.1) is 0 Å². The van der Waals surface area contributed by atoms with E-state index in [-0.39, 0.29) is 12.0 Å². The Labute approximate surface area is 108 Å². The topological polar surface area (TPSA) is 42.4 Å². The number of hydrogen-bond donors (Lipinski definition) is 0. The van der Waals surface area contributed by atoms with Gasteiger partial charge in [-0.3, -0.25) is 9.78 Å². The molecule has 1 amide bonds. The lowest BCUT2D eigenvalue weighted by Crippen LogP contribution is -2.45. The standard InChI is InChI=1S/C14H20N2O2/c1-2-13-11-16(9-10-18-13)14(17)4-3-12-5-7-15-8-6-12/h5-8,13H,2-4,9-11H2,1H3. The number of ether oxygens (including phenoxy) is 1. The second-order valence-electron chi connectivity index (χ2n) is 4.60. The molecule has 0 N–H and O–H groups in total. The molecule has 1 aromatic rings. The quantitative estimate of drug-likeness (QED) is 0.813. The lowest BCUT2D eigenvalue weighted by Gasteiger charge is -2.32. The molecule has 4 nitrogen and oxygen atoms in total. The molecule has 1 atom stereocenters. The third-order valence-corrected chi connectivity index (χ3v) is 3.32. The first kappa shape index (κ1) is 13.0. The average molecular weight is 248 g/mol. The van der Waals surface area contributed by atoms with Crippen LogP contribution >= 0.6 is 0 Å².